The Balaban J connectivity index is 2.44. The van der Waals surface area contributed by atoms with Crippen LogP contribution in [0, 0.1) is 13.8 Å². The standard InChI is InChI=1S/C16H23N3/c1-5-10-19-15(8-9-18-19)16(17-4)14-11-12(2)6-7-13(14)3/h6-9,11,16-17H,5,10H2,1-4H3. The van der Waals surface area contributed by atoms with Crippen molar-refractivity contribution in [3.63, 3.8) is 0 Å². The Bertz CT molecular complexity index is 543. The average molecular weight is 257 g/mol. The Kier molecular flexibility index (Phi) is 4.38. The van der Waals surface area contributed by atoms with Crippen molar-refractivity contribution in [1.29, 1.82) is 0 Å². The SMILES string of the molecule is CCCn1nccc1C(NC)c1cc(C)ccc1C. The summed E-state index contributed by atoms with van der Waals surface area (Å²) in [5, 5.41) is 7.86. The van der Waals surface area contributed by atoms with E-state index in [2.05, 4.69) is 60.1 Å². The van der Waals surface area contributed by atoms with Crippen LogP contribution in [0.5, 0.6) is 0 Å². The molecule has 0 saturated heterocycles. The molecular formula is C16H23N3. The van der Waals surface area contributed by atoms with Crippen molar-refractivity contribution in [3.8, 4) is 0 Å². The molecule has 0 aliphatic heterocycles. The van der Waals surface area contributed by atoms with Gasteiger partial charge in [0, 0.05) is 12.7 Å². The first-order valence-electron chi connectivity index (χ1n) is 6.93. The van der Waals surface area contributed by atoms with Crippen LogP contribution in [-0.2, 0) is 6.54 Å². The smallest absolute Gasteiger partial charge is 0.0748 e. The van der Waals surface area contributed by atoms with E-state index in [1.807, 2.05) is 13.2 Å². The lowest BCUT2D eigenvalue weighted by atomic mass is 9.97. The molecular weight excluding hydrogens is 234 g/mol. The van der Waals surface area contributed by atoms with Gasteiger partial charge in [-0.15, -0.1) is 0 Å². The topological polar surface area (TPSA) is 29.9 Å². The van der Waals surface area contributed by atoms with Crippen molar-refractivity contribution in [2.24, 2.45) is 0 Å². The Labute approximate surface area is 115 Å². The molecule has 1 heterocycles. The number of nitrogens with one attached hydrogen (secondary N) is 1. The molecule has 3 nitrogen and oxygen atoms in total. The van der Waals surface area contributed by atoms with Gasteiger partial charge in [-0.25, -0.2) is 0 Å². The van der Waals surface area contributed by atoms with Crippen molar-refractivity contribution in [2.75, 3.05) is 7.05 Å². The number of hydrogen-bond donors (Lipinski definition) is 1. The fourth-order valence-corrected chi connectivity index (χ4v) is 2.52. The highest BCUT2D eigenvalue weighted by molar-refractivity contribution is 5.37. The first kappa shape index (κ1) is 13.8. The number of rotatable bonds is 5. The van der Waals surface area contributed by atoms with Gasteiger partial charge in [0.15, 0.2) is 0 Å². The third-order valence-corrected chi connectivity index (χ3v) is 3.51. The predicted octanol–water partition coefficient (Wildman–Crippen LogP) is 3.22. The van der Waals surface area contributed by atoms with Gasteiger partial charge in [0.2, 0.25) is 0 Å². The molecule has 1 aromatic heterocycles. The Morgan fingerprint density at radius 2 is 2.05 bits per heavy atom. The van der Waals surface area contributed by atoms with Crippen LogP contribution in [0.25, 0.3) is 0 Å². The van der Waals surface area contributed by atoms with Crippen molar-refractivity contribution in [1.82, 2.24) is 15.1 Å². The monoisotopic (exact) mass is 257 g/mol. The van der Waals surface area contributed by atoms with E-state index in [0.29, 0.717) is 0 Å². The van der Waals surface area contributed by atoms with E-state index in [-0.39, 0.29) is 6.04 Å². The summed E-state index contributed by atoms with van der Waals surface area (Å²) in [6, 6.07) is 8.93. The van der Waals surface area contributed by atoms with Gasteiger partial charge in [0.25, 0.3) is 0 Å². The molecule has 0 amide bonds. The summed E-state index contributed by atoms with van der Waals surface area (Å²) >= 11 is 0. The quantitative estimate of drug-likeness (QED) is 0.891. The molecule has 3 heteroatoms. The average Bonchev–Trinajstić information content (AvgIpc) is 2.83. The largest absolute Gasteiger partial charge is 0.308 e. The fraction of sp³-hybridized carbons (Fsp3) is 0.438. The molecule has 0 radical (unpaired) electrons. The lowest BCUT2D eigenvalue weighted by Crippen LogP contribution is -2.22. The van der Waals surface area contributed by atoms with Crippen molar-refractivity contribution >= 4 is 0 Å². The number of nitrogens with zero attached hydrogens (tertiary/aromatic N) is 2. The molecule has 1 aromatic carbocycles. The molecule has 1 unspecified atom stereocenters. The summed E-state index contributed by atoms with van der Waals surface area (Å²) in [7, 11) is 2.01. The molecule has 0 aliphatic rings. The van der Waals surface area contributed by atoms with E-state index in [0.717, 1.165) is 13.0 Å². The summed E-state index contributed by atoms with van der Waals surface area (Å²) in [5.74, 6) is 0. The third kappa shape index (κ3) is 2.87. The summed E-state index contributed by atoms with van der Waals surface area (Å²) in [6.45, 7) is 7.45. The van der Waals surface area contributed by atoms with Gasteiger partial charge in [-0.3, -0.25) is 4.68 Å². The van der Waals surface area contributed by atoms with Gasteiger partial charge < -0.3 is 5.32 Å². The molecule has 1 atom stereocenters. The fourth-order valence-electron chi connectivity index (χ4n) is 2.52. The van der Waals surface area contributed by atoms with E-state index in [4.69, 9.17) is 0 Å². The van der Waals surface area contributed by atoms with Gasteiger partial charge >= 0.3 is 0 Å². The highest BCUT2D eigenvalue weighted by atomic mass is 15.3. The number of hydrogen-bond acceptors (Lipinski definition) is 2. The molecule has 0 spiro atoms. The van der Waals surface area contributed by atoms with E-state index >= 15 is 0 Å². The molecule has 102 valence electrons. The normalized spacial score (nSPS) is 12.6. The van der Waals surface area contributed by atoms with E-state index in [1.54, 1.807) is 0 Å². The van der Waals surface area contributed by atoms with Crippen LogP contribution in [0.4, 0.5) is 0 Å². The lowest BCUT2D eigenvalue weighted by Gasteiger charge is -2.21. The zero-order valence-electron chi connectivity index (χ0n) is 12.3. The second kappa shape index (κ2) is 6.02. The van der Waals surface area contributed by atoms with Crippen LogP contribution in [0.1, 0.15) is 41.8 Å². The molecule has 2 rings (SSSR count). The number of benzene rings is 1. The van der Waals surface area contributed by atoms with E-state index in [1.165, 1.54) is 22.4 Å². The van der Waals surface area contributed by atoms with Crippen LogP contribution in [0.3, 0.4) is 0 Å². The molecule has 19 heavy (non-hydrogen) atoms. The van der Waals surface area contributed by atoms with Crippen molar-refractivity contribution in [2.45, 2.75) is 39.8 Å². The molecule has 0 aliphatic carbocycles. The zero-order chi connectivity index (χ0) is 13.8. The summed E-state index contributed by atoms with van der Waals surface area (Å²) in [6.07, 6.45) is 2.98. The molecule has 0 fully saturated rings. The Hall–Kier alpha value is -1.61. The maximum atomic E-state index is 4.43. The van der Waals surface area contributed by atoms with Crippen LogP contribution in [-0.4, -0.2) is 16.8 Å². The molecule has 0 saturated carbocycles. The van der Waals surface area contributed by atoms with Crippen LogP contribution in [0.2, 0.25) is 0 Å². The second-order valence-corrected chi connectivity index (χ2v) is 5.06. The Morgan fingerprint density at radius 1 is 1.26 bits per heavy atom. The minimum atomic E-state index is 0.203. The van der Waals surface area contributed by atoms with Crippen LogP contribution >= 0.6 is 0 Å². The van der Waals surface area contributed by atoms with Gasteiger partial charge in [0.05, 0.1) is 11.7 Å². The molecule has 0 bridgehead atoms. The minimum Gasteiger partial charge on any atom is -0.308 e. The van der Waals surface area contributed by atoms with Gasteiger partial charge in [0.1, 0.15) is 0 Å². The first-order chi connectivity index (χ1) is 9.17. The van der Waals surface area contributed by atoms with Crippen LogP contribution in [0.15, 0.2) is 30.5 Å². The van der Waals surface area contributed by atoms with Gasteiger partial charge in [-0.2, -0.15) is 5.10 Å². The number of aromatic nitrogens is 2. The highest BCUT2D eigenvalue weighted by Crippen LogP contribution is 2.25. The summed E-state index contributed by atoms with van der Waals surface area (Å²) in [5.41, 5.74) is 5.18. The third-order valence-electron chi connectivity index (χ3n) is 3.51. The van der Waals surface area contributed by atoms with Crippen LogP contribution < -0.4 is 5.32 Å². The molecule has 1 N–H and O–H groups in total. The lowest BCUT2D eigenvalue weighted by molar-refractivity contribution is 0.533. The highest BCUT2D eigenvalue weighted by Gasteiger charge is 2.18. The first-order valence-corrected chi connectivity index (χ1v) is 6.93. The van der Waals surface area contributed by atoms with Gasteiger partial charge in [-0.1, -0.05) is 30.7 Å². The summed E-state index contributed by atoms with van der Waals surface area (Å²) < 4.78 is 2.10. The predicted molar refractivity (Wildman–Crippen MR) is 79.3 cm³/mol. The minimum absolute atomic E-state index is 0.203. The maximum Gasteiger partial charge on any atom is 0.0748 e. The van der Waals surface area contributed by atoms with Crippen molar-refractivity contribution < 1.29 is 0 Å². The maximum absolute atomic E-state index is 4.43. The Morgan fingerprint density at radius 3 is 2.74 bits per heavy atom. The molecule has 2 aromatic rings. The van der Waals surface area contributed by atoms with E-state index < -0.39 is 0 Å². The summed E-state index contributed by atoms with van der Waals surface area (Å²) in [4.78, 5) is 0. The van der Waals surface area contributed by atoms with Crippen molar-refractivity contribution in [3.05, 3.63) is 52.8 Å². The second-order valence-electron chi connectivity index (χ2n) is 5.06. The zero-order valence-corrected chi connectivity index (χ0v) is 12.3. The number of aryl methyl sites for hydroxylation is 3. The van der Waals surface area contributed by atoms with Gasteiger partial charge in [-0.05, 0) is 44.5 Å². The van der Waals surface area contributed by atoms with E-state index in [9.17, 15) is 0 Å².